The van der Waals surface area contributed by atoms with Gasteiger partial charge in [0.1, 0.15) is 5.60 Å². The van der Waals surface area contributed by atoms with Crippen LogP contribution in [-0.2, 0) is 21.3 Å². The van der Waals surface area contributed by atoms with E-state index in [2.05, 4.69) is 17.0 Å². The predicted octanol–water partition coefficient (Wildman–Crippen LogP) is 5.27. The summed E-state index contributed by atoms with van der Waals surface area (Å²) in [6.07, 6.45) is 7.71. The second-order valence-electron chi connectivity index (χ2n) is 8.57. The Hall–Kier alpha value is -1.86. The summed E-state index contributed by atoms with van der Waals surface area (Å²) in [7, 11) is -3.50. The van der Waals surface area contributed by atoms with Gasteiger partial charge in [0.15, 0.2) is 0 Å². The monoisotopic (exact) mass is 438 g/mol. The van der Waals surface area contributed by atoms with Crippen LogP contribution in [0.5, 0.6) is 0 Å². The first-order chi connectivity index (χ1) is 14.0. The fraction of sp³-hybridized carbons (Fsp3) is 0.609. The molecule has 30 heavy (non-hydrogen) atoms. The van der Waals surface area contributed by atoms with Crippen molar-refractivity contribution in [2.45, 2.75) is 85.3 Å². The van der Waals surface area contributed by atoms with E-state index in [-0.39, 0.29) is 6.54 Å². The van der Waals surface area contributed by atoms with Gasteiger partial charge in [-0.2, -0.15) is 0 Å². The van der Waals surface area contributed by atoms with Crippen LogP contribution in [0.2, 0.25) is 0 Å². The first-order valence-corrected chi connectivity index (χ1v) is 12.3. The quantitative estimate of drug-likeness (QED) is 0.435. The number of carbonyl (C=O) groups excluding carboxylic acids is 1. The van der Waals surface area contributed by atoms with Crippen LogP contribution in [0.3, 0.4) is 0 Å². The third-order valence-corrected chi connectivity index (χ3v) is 5.48. The van der Waals surface area contributed by atoms with E-state index in [1.807, 2.05) is 25.1 Å². The summed E-state index contributed by atoms with van der Waals surface area (Å²) in [5.41, 5.74) is 1.99. The van der Waals surface area contributed by atoms with E-state index in [1.165, 1.54) is 24.7 Å². The van der Waals surface area contributed by atoms with Crippen molar-refractivity contribution in [2.75, 3.05) is 6.54 Å². The van der Waals surface area contributed by atoms with Crippen molar-refractivity contribution in [2.24, 2.45) is 0 Å². The van der Waals surface area contributed by atoms with Gasteiger partial charge in [0, 0.05) is 18.5 Å². The van der Waals surface area contributed by atoms with Crippen LogP contribution in [0.1, 0.15) is 82.9 Å². The van der Waals surface area contributed by atoms with Crippen molar-refractivity contribution in [1.82, 2.24) is 10.0 Å². The van der Waals surface area contributed by atoms with E-state index in [9.17, 15) is 13.2 Å². The van der Waals surface area contributed by atoms with Crippen LogP contribution >= 0.6 is 0 Å². The van der Waals surface area contributed by atoms with E-state index in [0.717, 1.165) is 36.0 Å². The van der Waals surface area contributed by atoms with Gasteiger partial charge in [-0.15, -0.1) is 0 Å². The van der Waals surface area contributed by atoms with Crippen LogP contribution in [0.25, 0.3) is 6.08 Å². The Labute approximate surface area is 182 Å². The zero-order valence-electron chi connectivity index (χ0n) is 19.1. The summed E-state index contributed by atoms with van der Waals surface area (Å²) in [6.45, 7) is 10.2. The largest absolute Gasteiger partial charge is 0.444 e. The summed E-state index contributed by atoms with van der Waals surface area (Å²) < 4.78 is 32.4. The summed E-state index contributed by atoms with van der Waals surface area (Å²) in [4.78, 5) is 11.9. The number of sulfonamides is 1. The molecule has 1 aromatic carbocycles. The molecular formula is C23H38N2O4S. The number of amides is 1. The van der Waals surface area contributed by atoms with Crippen molar-refractivity contribution < 1.29 is 17.9 Å². The Morgan fingerprint density at radius 2 is 1.77 bits per heavy atom. The predicted molar refractivity (Wildman–Crippen MR) is 124 cm³/mol. The lowest BCUT2D eigenvalue weighted by atomic mass is 10.0. The minimum Gasteiger partial charge on any atom is -0.444 e. The third-order valence-electron chi connectivity index (χ3n) is 4.38. The Balaban J connectivity index is 2.64. The molecule has 1 amide bonds. The number of carbonyl (C=O) groups is 1. The molecule has 0 atom stereocenters. The number of hydrogen-bond donors (Lipinski definition) is 2. The summed E-state index contributed by atoms with van der Waals surface area (Å²) in [5.74, 6) is 0. The molecule has 2 N–H and O–H groups in total. The highest BCUT2D eigenvalue weighted by Crippen LogP contribution is 2.15. The molecule has 0 aliphatic rings. The molecule has 0 fully saturated rings. The lowest BCUT2D eigenvalue weighted by Crippen LogP contribution is -2.32. The smallest absolute Gasteiger partial charge is 0.407 e. The molecule has 1 rings (SSSR count). The van der Waals surface area contributed by atoms with Crippen LogP contribution in [-0.4, -0.2) is 26.7 Å². The third kappa shape index (κ3) is 12.0. The minimum absolute atomic E-state index is 0.250. The number of alkyl carbamates (subject to hydrolysis) is 1. The molecule has 0 aromatic heterocycles. The van der Waals surface area contributed by atoms with Crippen molar-refractivity contribution in [1.29, 1.82) is 0 Å². The second-order valence-corrected chi connectivity index (χ2v) is 10.2. The van der Waals surface area contributed by atoms with Gasteiger partial charge in [-0.25, -0.2) is 17.9 Å². The number of benzene rings is 1. The summed E-state index contributed by atoms with van der Waals surface area (Å²) in [5, 5.41) is 3.91. The molecule has 0 bridgehead atoms. The normalized spacial score (nSPS) is 12.3. The highest BCUT2D eigenvalue weighted by Gasteiger charge is 2.16. The first kappa shape index (κ1) is 26.2. The van der Waals surface area contributed by atoms with Crippen LogP contribution in [0.4, 0.5) is 4.79 Å². The number of ether oxygens (including phenoxy) is 1. The van der Waals surface area contributed by atoms with Crippen LogP contribution < -0.4 is 10.0 Å². The fourth-order valence-corrected chi connectivity index (χ4v) is 3.69. The van der Waals surface area contributed by atoms with Gasteiger partial charge in [-0.05, 0) is 51.3 Å². The number of unbranched alkanes of at least 4 members (excludes halogenated alkanes) is 5. The molecule has 0 saturated heterocycles. The number of aryl methyl sites for hydroxylation is 1. The Kier molecular flexibility index (Phi) is 11.1. The Morgan fingerprint density at radius 3 is 2.43 bits per heavy atom. The number of hydrogen-bond acceptors (Lipinski definition) is 4. The van der Waals surface area contributed by atoms with Crippen LogP contribution in [0, 0.1) is 6.92 Å². The average Bonchev–Trinajstić information content (AvgIpc) is 2.63. The van der Waals surface area contributed by atoms with E-state index >= 15 is 0 Å². The lowest BCUT2D eigenvalue weighted by molar-refractivity contribution is 0.0523. The molecule has 1 aromatic rings. The van der Waals surface area contributed by atoms with Gasteiger partial charge in [0.05, 0.1) is 0 Å². The van der Waals surface area contributed by atoms with Crippen LogP contribution in [0.15, 0.2) is 23.6 Å². The lowest BCUT2D eigenvalue weighted by Gasteiger charge is -2.20. The molecule has 0 aliphatic carbocycles. The van der Waals surface area contributed by atoms with Crippen molar-refractivity contribution in [3.63, 3.8) is 0 Å². The summed E-state index contributed by atoms with van der Waals surface area (Å²) >= 11 is 0. The van der Waals surface area contributed by atoms with Gasteiger partial charge in [-0.3, -0.25) is 0 Å². The zero-order chi connectivity index (χ0) is 22.6. The molecule has 6 nitrogen and oxygen atoms in total. The molecular weight excluding hydrogens is 400 g/mol. The Morgan fingerprint density at radius 1 is 1.10 bits per heavy atom. The van der Waals surface area contributed by atoms with E-state index in [4.69, 9.17) is 4.74 Å². The minimum atomic E-state index is -3.50. The highest BCUT2D eigenvalue weighted by molar-refractivity contribution is 7.92. The second kappa shape index (κ2) is 12.7. The van der Waals surface area contributed by atoms with Crippen molar-refractivity contribution in [3.8, 4) is 0 Å². The van der Waals surface area contributed by atoms with Crippen molar-refractivity contribution in [3.05, 3.63) is 40.3 Å². The average molecular weight is 439 g/mol. The number of nitrogens with one attached hydrogen (secondary N) is 2. The molecule has 0 radical (unpaired) electrons. The zero-order valence-corrected chi connectivity index (χ0v) is 19.9. The van der Waals surface area contributed by atoms with E-state index in [1.54, 1.807) is 26.8 Å². The SMILES string of the molecule is CCCCCCCCNS(=O)(=O)/C=C/c1cc(C)ccc1CNC(=O)OC(C)(C)C. The van der Waals surface area contributed by atoms with E-state index in [0.29, 0.717) is 6.54 Å². The topological polar surface area (TPSA) is 84.5 Å². The van der Waals surface area contributed by atoms with Gasteiger partial charge in [-0.1, -0.05) is 62.8 Å². The molecule has 170 valence electrons. The first-order valence-electron chi connectivity index (χ1n) is 10.8. The standard InChI is InChI=1S/C23H38N2O4S/c1-6-7-8-9-10-11-15-25-30(27,28)16-14-20-17-19(2)12-13-21(20)18-24-22(26)29-23(3,4)5/h12-14,16-17,25H,6-11,15,18H2,1-5H3,(H,24,26)/b16-14+. The van der Waals surface area contributed by atoms with Gasteiger partial charge in [0.2, 0.25) is 10.0 Å². The van der Waals surface area contributed by atoms with E-state index < -0.39 is 21.7 Å². The maximum atomic E-state index is 12.3. The summed E-state index contributed by atoms with van der Waals surface area (Å²) in [6, 6.07) is 5.70. The highest BCUT2D eigenvalue weighted by atomic mass is 32.2. The molecule has 0 unspecified atom stereocenters. The Bertz CT molecular complexity index is 796. The van der Waals surface area contributed by atoms with Gasteiger partial charge in [0.25, 0.3) is 0 Å². The van der Waals surface area contributed by atoms with Gasteiger partial charge >= 0.3 is 6.09 Å². The molecule has 0 heterocycles. The fourth-order valence-electron chi connectivity index (χ4n) is 2.84. The number of rotatable bonds is 12. The molecule has 0 aliphatic heterocycles. The maximum Gasteiger partial charge on any atom is 0.407 e. The molecule has 0 saturated carbocycles. The van der Waals surface area contributed by atoms with Crippen molar-refractivity contribution >= 4 is 22.2 Å². The molecule has 0 spiro atoms. The van der Waals surface area contributed by atoms with Gasteiger partial charge < -0.3 is 10.1 Å². The maximum absolute atomic E-state index is 12.3. The molecule has 7 heteroatoms.